The van der Waals surface area contributed by atoms with Gasteiger partial charge in [-0.2, -0.15) is 0 Å². The summed E-state index contributed by atoms with van der Waals surface area (Å²) in [7, 11) is 0. The summed E-state index contributed by atoms with van der Waals surface area (Å²) in [5, 5.41) is 3.57. The van der Waals surface area contributed by atoms with Crippen molar-refractivity contribution in [2.45, 2.75) is 45.6 Å². The van der Waals surface area contributed by atoms with Crippen LogP contribution >= 0.6 is 11.3 Å². The van der Waals surface area contributed by atoms with Gasteiger partial charge in [0.25, 0.3) is 0 Å². The van der Waals surface area contributed by atoms with Gasteiger partial charge in [-0.1, -0.05) is 39.8 Å². The molecule has 0 bridgehead atoms. The van der Waals surface area contributed by atoms with Crippen molar-refractivity contribution >= 4 is 11.3 Å². The number of benzene rings is 1. The van der Waals surface area contributed by atoms with Crippen molar-refractivity contribution in [3.05, 3.63) is 57.5 Å². The zero-order chi connectivity index (χ0) is 15.5. The first-order chi connectivity index (χ1) is 9.91. The Balaban J connectivity index is 2.31. The molecule has 0 saturated heterocycles. The Bertz CT molecular complexity index is 566. The van der Waals surface area contributed by atoms with Gasteiger partial charge >= 0.3 is 0 Å². The Morgan fingerprint density at radius 1 is 1.10 bits per heavy atom. The van der Waals surface area contributed by atoms with E-state index >= 15 is 0 Å². The van der Waals surface area contributed by atoms with Crippen LogP contribution in [0.1, 0.15) is 55.5 Å². The largest absolute Gasteiger partial charge is 0.306 e. The number of hydrogen-bond acceptors (Lipinski definition) is 2. The van der Waals surface area contributed by atoms with Crippen molar-refractivity contribution in [1.82, 2.24) is 5.32 Å². The molecule has 21 heavy (non-hydrogen) atoms. The maximum atomic E-state index is 13.1. The van der Waals surface area contributed by atoms with Crippen molar-refractivity contribution < 1.29 is 4.39 Å². The van der Waals surface area contributed by atoms with Crippen molar-refractivity contribution in [2.24, 2.45) is 0 Å². The Morgan fingerprint density at radius 2 is 1.76 bits per heavy atom. The van der Waals surface area contributed by atoms with Crippen LogP contribution in [0.15, 0.2) is 36.4 Å². The second kappa shape index (κ2) is 6.71. The van der Waals surface area contributed by atoms with Crippen LogP contribution in [0.25, 0.3) is 0 Å². The van der Waals surface area contributed by atoms with Crippen LogP contribution in [0.4, 0.5) is 4.39 Å². The van der Waals surface area contributed by atoms with Crippen LogP contribution in [-0.2, 0) is 5.41 Å². The van der Waals surface area contributed by atoms with Gasteiger partial charge in [-0.05, 0) is 48.2 Å². The predicted octanol–water partition coefficient (Wildman–Crippen LogP) is 5.27. The first-order valence-electron chi connectivity index (χ1n) is 7.51. The van der Waals surface area contributed by atoms with E-state index in [2.05, 4.69) is 45.1 Å². The van der Waals surface area contributed by atoms with Crippen molar-refractivity contribution in [3.63, 3.8) is 0 Å². The fraction of sp³-hybridized carbons (Fsp3) is 0.444. The average molecular weight is 305 g/mol. The van der Waals surface area contributed by atoms with E-state index in [4.69, 9.17) is 0 Å². The van der Waals surface area contributed by atoms with Crippen LogP contribution in [0.3, 0.4) is 0 Å². The van der Waals surface area contributed by atoms with Gasteiger partial charge in [0.1, 0.15) is 5.82 Å². The Morgan fingerprint density at radius 3 is 2.29 bits per heavy atom. The summed E-state index contributed by atoms with van der Waals surface area (Å²) < 4.78 is 13.1. The highest BCUT2D eigenvalue weighted by molar-refractivity contribution is 7.12. The fourth-order valence-electron chi connectivity index (χ4n) is 2.24. The van der Waals surface area contributed by atoms with E-state index in [0.717, 1.165) is 18.5 Å². The monoisotopic (exact) mass is 305 g/mol. The zero-order valence-corrected chi connectivity index (χ0v) is 14.1. The van der Waals surface area contributed by atoms with E-state index in [0.29, 0.717) is 0 Å². The van der Waals surface area contributed by atoms with Crippen molar-refractivity contribution in [3.8, 4) is 0 Å². The molecule has 1 aromatic heterocycles. The number of rotatable bonds is 5. The Kier molecular flexibility index (Phi) is 5.17. The normalized spacial score (nSPS) is 13.4. The summed E-state index contributed by atoms with van der Waals surface area (Å²) in [5.41, 5.74) is 1.29. The van der Waals surface area contributed by atoms with Crippen molar-refractivity contribution in [2.75, 3.05) is 6.54 Å². The lowest BCUT2D eigenvalue weighted by Gasteiger charge is -2.19. The van der Waals surface area contributed by atoms with Crippen molar-refractivity contribution in [1.29, 1.82) is 0 Å². The van der Waals surface area contributed by atoms with Gasteiger partial charge in [-0.15, -0.1) is 11.3 Å². The van der Waals surface area contributed by atoms with E-state index in [1.807, 2.05) is 23.5 Å². The van der Waals surface area contributed by atoms with Crippen LogP contribution < -0.4 is 5.32 Å². The smallest absolute Gasteiger partial charge is 0.123 e. The van der Waals surface area contributed by atoms with Gasteiger partial charge in [0.05, 0.1) is 6.04 Å². The molecule has 2 rings (SSSR count). The minimum atomic E-state index is -0.186. The lowest BCUT2D eigenvalue weighted by Crippen LogP contribution is -2.22. The molecule has 0 amide bonds. The average Bonchev–Trinajstić information content (AvgIpc) is 2.91. The van der Waals surface area contributed by atoms with Crippen LogP contribution in [-0.4, -0.2) is 6.54 Å². The molecular formula is C18H24FNS. The van der Waals surface area contributed by atoms with Gasteiger partial charge in [-0.3, -0.25) is 0 Å². The molecule has 0 saturated carbocycles. The lowest BCUT2D eigenvalue weighted by atomic mass is 9.95. The van der Waals surface area contributed by atoms with Gasteiger partial charge in [0, 0.05) is 9.75 Å². The molecule has 114 valence electrons. The molecule has 0 aliphatic rings. The maximum absolute atomic E-state index is 13.1. The second-order valence-corrected chi connectivity index (χ2v) is 7.51. The number of halogens is 1. The summed E-state index contributed by atoms with van der Waals surface area (Å²) in [4.78, 5) is 2.67. The first-order valence-corrected chi connectivity index (χ1v) is 8.32. The topological polar surface area (TPSA) is 12.0 Å². The maximum Gasteiger partial charge on any atom is 0.123 e. The Labute approximate surface area is 131 Å². The molecule has 1 nitrogen and oxygen atoms in total. The summed E-state index contributed by atoms with van der Waals surface area (Å²) >= 11 is 1.84. The summed E-state index contributed by atoms with van der Waals surface area (Å²) in [6.07, 6.45) is 1.08. The standard InChI is InChI=1S/C18H24FNS/c1-5-12-20-17(13-6-8-14(19)9-7-13)15-10-11-16(21-15)18(2,3)4/h6-11,17,20H,5,12H2,1-4H3. The third kappa shape index (κ3) is 4.14. The fourth-order valence-corrected chi connectivity index (χ4v) is 3.41. The third-order valence-electron chi connectivity index (χ3n) is 3.45. The van der Waals surface area contributed by atoms with Gasteiger partial charge < -0.3 is 5.32 Å². The van der Waals surface area contributed by atoms with E-state index in [1.54, 1.807) is 0 Å². The van der Waals surface area contributed by atoms with E-state index in [-0.39, 0.29) is 17.3 Å². The molecule has 0 aliphatic heterocycles. The molecule has 2 aromatic rings. The molecule has 1 atom stereocenters. The highest BCUT2D eigenvalue weighted by Crippen LogP contribution is 2.34. The molecule has 0 radical (unpaired) electrons. The molecule has 0 spiro atoms. The number of nitrogens with one attached hydrogen (secondary N) is 1. The molecule has 0 fully saturated rings. The molecule has 0 aliphatic carbocycles. The van der Waals surface area contributed by atoms with Gasteiger partial charge in [0.15, 0.2) is 0 Å². The van der Waals surface area contributed by atoms with Crippen LogP contribution in [0.5, 0.6) is 0 Å². The molecule has 1 unspecified atom stereocenters. The van der Waals surface area contributed by atoms with E-state index in [9.17, 15) is 4.39 Å². The minimum Gasteiger partial charge on any atom is -0.306 e. The first kappa shape index (κ1) is 16.2. The van der Waals surface area contributed by atoms with E-state index < -0.39 is 0 Å². The van der Waals surface area contributed by atoms with Crippen LogP contribution in [0, 0.1) is 5.82 Å². The quantitative estimate of drug-likeness (QED) is 0.793. The number of hydrogen-bond donors (Lipinski definition) is 1. The Hall–Kier alpha value is -1.19. The number of thiophene rings is 1. The molecular weight excluding hydrogens is 281 g/mol. The summed E-state index contributed by atoms with van der Waals surface area (Å²) in [5.74, 6) is -0.186. The van der Waals surface area contributed by atoms with E-state index in [1.165, 1.54) is 21.9 Å². The zero-order valence-electron chi connectivity index (χ0n) is 13.2. The van der Waals surface area contributed by atoms with Gasteiger partial charge in [-0.25, -0.2) is 4.39 Å². The third-order valence-corrected chi connectivity index (χ3v) is 5.03. The summed E-state index contributed by atoms with van der Waals surface area (Å²) in [6.45, 7) is 9.80. The highest BCUT2D eigenvalue weighted by Gasteiger charge is 2.20. The van der Waals surface area contributed by atoms with Crippen LogP contribution in [0.2, 0.25) is 0 Å². The lowest BCUT2D eigenvalue weighted by molar-refractivity contribution is 0.599. The second-order valence-electron chi connectivity index (χ2n) is 6.39. The minimum absolute atomic E-state index is 0.145. The molecule has 1 aromatic carbocycles. The SMILES string of the molecule is CCCNC(c1ccc(F)cc1)c1ccc(C(C)(C)C)s1. The van der Waals surface area contributed by atoms with Gasteiger partial charge in [0.2, 0.25) is 0 Å². The predicted molar refractivity (Wildman–Crippen MR) is 89.6 cm³/mol. The summed E-state index contributed by atoms with van der Waals surface area (Å²) in [6, 6.07) is 11.4. The highest BCUT2D eigenvalue weighted by atomic mass is 32.1. The molecule has 1 N–H and O–H groups in total. The molecule has 1 heterocycles. The molecule has 3 heteroatoms.